The van der Waals surface area contributed by atoms with E-state index in [0.717, 1.165) is 38.6 Å². The van der Waals surface area contributed by atoms with Gasteiger partial charge >= 0.3 is 0 Å². The van der Waals surface area contributed by atoms with Crippen LogP contribution in [0.25, 0.3) is 0 Å². The topological polar surface area (TPSA) is 44.4 Å². The second kappa shape index (κ2) is 5.57. The van der Waals surface area contributed by atoms with Gasteiger partial charge in [-0.3, -0.25) is 4.79 Å². The number of hydrogen-bond acceptors (Lipinski definition) is 3. The van der Waals surface area contributed by atoms with Crippen LogP contribution in [-0.2, 0) is 4.79 Å². The molecule has 0 bridgehead atoms. The van der Waals surface area contributed by atoms with Crippen molar-refractivity contribution in [1.82, 2.24) is 15.5 Å². The van der Waals surface area contributed by atoms with Crippen LogP contribution >= 0.6 is 0 Å². The van der Waals surface area contributed by atoms with E-state index in [1.165, 1.54) is 12.8 Å². The highest BCUT2D eigenvalue weighted by Gasteiger charge is 2.43. The molecule has 0 spiro atoms. The molecular formula is C14H27N3O. The maximum atomic E-state index is 12.4. The largest absolute Gasteiger partial charge is 0.354 e. The fourth-order valence-electron chi connectivity index (χ4n) is 2.88. The summed E-state index contributed by atoms with van der Waals surface area (Å²) in [5.74, 6) is 0.639. The van der Waals surface area contributed by atoms with Crippen LogP contribution in [0, 0.1) is 11.3 Å². The first-order valence-corrected chi connectivity index (χ1v) is 7.25. The van der Waals surface area contributed by atoms with Crippen molar-refractivity contribution in [3.8, 4) is 0 Å². The van der Waals surface area contributed by atoms with Crippen molar-refractivity contribution in [2.24, 2.45) is 11.3 Å². The van der Waals surface area contributed by atoms with E-state index in [4.69, 9.17) is 0 Å². The number of rotatable bonds is 6. The first-order valence-electron chi connectivity index (χ1n) is 7.25. The van der Waals surface area contributed by atoms with Crippen LogP contribution in [0.1, 0.15) is 33.1 Å². The van der Waals surface area contributed by atoms with Crippen LogP contribution in [0.4, 0.5) is 0 Å². The normalized spacial score (nSPS) is 28.1. The zero-order valence-electron chi connectivity index (χ0n) is 12.0. The van der Waals surface area contributed by atoms with Crippen LogP contribution in [0.15, 0.2) is 0 Å². The lowest BCUT2D eigenvalue weighted by atomic mass is 9.75. The predicted molar refractivity (Wildman–Crippen MR) is 73.4 cm³/mol. The molecule has 1 atom stereocenters. The van der Waals surface area contributed by atoms with Crippen molar-refractivity contribution in [1.29, 1.82) is 0 Å². The summed E-state index contributed by atoms with van der Waals surface area (Å²) in [6.45, 7) is 7.85. The Hall–Kier alpha value is -0.610. The minimum absolute atomic E-state index is 0.182. The molecule has 18 heavy (non-hydrogen) atoms. The van der Waals surface area contributed by atoms with Crippen molar-refractivity contribution in [3.05, 3.63) is 0 Å². The predicted octanol–water partition coefficient (Wildman–Crippen LogP) is 0.833. The SMILES string of the molecule is CC(C)C1(C(=O)NCCN(C)C2CC2)CCNC1. The Bertz CT molecular complexity index is 293. The minimum Gasteiger partial charge on any atom is -0.354 e. The maximum absolute atomic E-state index is 12.4. The van der Waals surface area contributed by atoms with Crippen LogP contribution in [0.2, 0.25) is 0 Å². The number of hydrogen-bond donors (Lipinski definition) is 2. The first kappa shape index (κ1) is 13.8. The summed E-state index contributed by atoms with van der Waals surface area (Å²) in [5, 5.41) is 6.47. The van der Waals surface area contributed by atoms with Crippen molar-refractivity contribution in [3.63, 3.8) is 0 Å². The molecule has 4 heteroatoms. The Kier molecular flexibility index (Phi) is 4.28. The summed E-state index contributed by atoms with van der Waals surface area (Å²) in [5.41, 5.74) is -0.182. The van der Waals surface area contributed by atoms with Crippen LogP contribution in [-0.4, -0.2) is 50.1 Å². The summed E-state index contributed by atoms with van der Waals surface area (Å²) in [6, 6.07) is 0.772. The van der Waals surface area contributed by atoms with E-state index in [-0.39, 0.29) is 11.3 Å². The smallest absolute Gasteiger partial charge is 0.227 e. The third-order valence-corrected chi connectivity index (χ3v) is 4.67. The number of carbonyl (C=O) groups is 1. The van der Waals surface area contributed by atoms with Crippen molar-refractivity contribution in [2.75, 3.05) is 33.2 Å². The van der Waals surface area contributed by atoms with Gasteiger partial charge in [0.1, 0.15) is 0 Å². The lowest BCUT2D eigenvalue weighted by Gasteiger charge is -2.31. The molecule has 4 nitrogen and oxygen atoms in total. The molecule has 0 radical (unpaired) electrons. The lowest BCUT2D eigenvalue weighted by molar-refractivity contribution is -0.132. The number of amides is 1. The molecule has 104 valence electrons. The molecule has 1 saturated heterocycles. The number of nitrogens with zero attached hydrogens (tertiary/aromatic N) is 1. The molecule has 0 aromatic carbocycles. The van der Waals surface area contributed by atoms with Crippen molar-refractivity contribution < 1.29 is 4.79 Å². The third-order valence-electron chi connectivity index (χ3n) is 4.67. The maximum Gasteiger partial charge on any atom is 0.227 e. The van der Waals surface area contributed by atoms with Gasteiger partial charge in [-0.15, -0.1) is 0 Å². The van der Waals surface area contributed by atoms with E-state index in [1.807, 2.05) is 0 Å². The molecular weight excluding hydrogens is 226 g/mol. The monoisotopic (exact) mass is 253 g/mol. The van der Waals surface area contributed by atoms with E-state index >= 15 is 0 Å². The van der Waals surface area contributed by atoms with Gasteiger partial charge in [0, 0.05) is 25.7 Å². The van der Waals surface area contributed by atoms with Gasteiger partial charge in [0.2, 0.25) is 5.91 Å². The summed E-state index contributed by atoms with van der Waals surface area (Å²) in [6.07, 6.45) is 3.61. The highest BCUT2D eigenvalue weighted by molar-refractivity contribution is 5.83. The molecule has 1 unspecified atom stereocenters. The standard InChI is InChI=1S/C14H27N3O/c1-11(2)14(6-7-15-10-14)13(18)16-8-9-17(3)12-4-5-12/h11-12,15H,4-10H2,1-3H3,(H,16,18). The molecule has 0 aromatic heterocycles. The first-order chi connectivity index (χ1) is 8.56. The Balaban J connectivity index is 1.78. The molecule has 2 fully saturated rings. The van der Waals surface area contributed by atoms with Crippen LogP contribution in [0.3, 0.4) is 0 Å². The molecule has 2 N–H and O–H groups in total. The van der Waals surface area contributed by atoms with Gasteiger partial charge in [0.25, 0.3) is 0 Å². The van der Waals surface area contributed by atoms with Crippen molar-refractivity contribution >= 4 is 5.91 Å². The molecule has 2 aliphatic rings. The number of carbonyl (C=O) groups excluding carboxylic acids is 1. The van der Waals surface area contributed by atoms with Crippen LogP contribution in [0.5, 0.6) is 0 Å². The van der Waals surface area contributed by atoms with E-state index in [0.29, 0.717) is 5.92 Å². The molecule has 1 aliphatic carbocycles. The lowest BCUT2D eigenvalue weighted by Crippen LogP contribution is -2.47. The average molecular weight is 253 g/mol. The fraction of sp³-hybridized carbons (Fsp3) is 0.929. The summed E-state index contributed by atoms with van der Waals surface area (Å²) in [7, 11) is 2.15. The molecule has 1 amide bonds. The summed E-state index contributed by atoms with van der Waals surface area (Å²) in [4.78, 5) is 14.8. The number of nitrogens with one attached hydrogen (secondary N) is 2. The summed E-state index contributed by atoms with van der Waals surface area (Å²) < 4.78 is 0. The minimum atomic E-state index is -0.182. The van der Waals surface area contributed by atoms with Crippen LogP contribution < -0.4 is 10.6 Å². The molecule has 1 aliphatic heterocycles. The van der Waals surface area contributed by atoms with E-state index < -0.39 is 0 Å². The zero-order chi connectivity index (χ0) is 13.2. The van der Waals surface area contributed by atoms with Gasteiger partial charge in [-0.25, -0.2) is 0 Å². The van der Waals surface area contributed by atoms with Gasteiger partial charge in [0.15, 0.2) is 0 Å². The van der Waals surface area contributed by atoms with Gasteiger partial charge in [-0.05, 0) is 38.8 Å². The third kappa shape index (κ3) is 2.86. The summed E-state index contributed by atoms with van der Waals surface area (Å²) >= 11 is 0. The zero-order valence-corrected chi connectivity index (χ0v) is 12.0. The van der Waals surface area contributed by atoms with Gasteiger partial charge in [-0.2, -0.15) is 0 Å². The average Bonchev–Trinajstić information content (AvgIpc) is 3.05. The van der Waals surface area contributed by atoms with Gasteiger partial charge in [0.05, 0.1) is 5.41 Å². The number of likely N-dealkylation sites (N-methyl/N-ethyl adjacent to an activating group) is 1. The van der Waals surface area contributed by atoms with Crippen molar-refractivity contribution in [2.45, 2.75) is 39.2 Å². The highest BCUT2D eigenvalue weighted by Crippen LogP contribution is 2.34. The Morgan fingerprint density at radius 2 is 2.22 bits per heavy atom. The second-order valence-corrected chi connectivity index (χ2v) is 6.21. The highest BCUT2D eigenvalue weighted by atomic mass is 16.2. The Labute approximate surface area is 110 Å². The van der Waals surface area contributed by atoms with Gasteiger partial charge in [-0.1, -0.05) is 13.8 Å². The molecule has 2 rings (SSSR count). The van der Waals surface area contributed by atoms with E-state index in [2.05, 4.69) is 36.4 Å². The van der Waals surface area contributed by atoms with E-state index in [9.17, 15) is 4.79 Å². The molecule has 1 saturated carbocycles. The fourth-order valence-corrected chi connectivity index (χ4v) is 2.88. The Morgan fingerprint density at radius 3 is 2.72 bits per heavy atom. The quantitative estimate of drug-likeness (QED) is 0.737. The van der Waals surface area contributed by atoms with Gasteiger partial charge < -0.3 is 15.5 Å². The Morgan fingerprint density at radius 1 is 1.50 bits per heavy atom. The molecule has 0 aromatic rings. The van der Waals surface area contributed by atoms with E-state index in [1.54, 1.807) is 0 Å². The second-order valence-electron chi connectivity index (χ2n) is 6.21. The molecule has 1 heterocycles.